The largest absolute Gasteiger partial charge is 0.306 e. The van der Waals surface area contributed by atoms with Crippen LogP contribution < -0.4 is 5.32 Å². The molecule has 0 unspecified atom stereocenters. The Morgan fingerprint density at radius 2 is 2.05 bits per heavy atom. The van der Waals surface area contributed by atoms with Gasteiger partial charge in [-0.3, -0.25) is 9.89 Å². The summed E-state index contributed by atoms with van der Waals surface area (Å²) in [6.07, 6.45) is 1.74. The van der Waals surface area contributed by atoms with Crippen molar-refractivity contribution in [3.8, 4) is 0 Å². The number of carbonyl (C=O) groups is 1. The van der Waals surface area contributed by atoms with E-state index in [4.69, 9.17) is 0 Å². The van der Waals surface area contributed by atoms with E-state index in [9.17, 15) is 13.2 Å². The second kappa shape index (κ2) is 6.36. The number of carbonyl (C=O) groups excluding carboxylic acids is 1. The van der Waals surface area contributed by atoms with E-state index in [-0.39, 0.29) is 4.90 Å². The average Bonchev–Trinajstić information content (AvgIpc) is 2.94. The van der Waals surface area contributed by atoms with Gasteiger partial charge in [-0.15, -0.1) is 0 Å². The van der Waals surface area contributed by atoms with Crippen LogP contribution in [0.3, 0.4) is 0 Å². The van der Waals surface area contributed by atoms with Crippen LogP contribution in [0.2, 0.25) is 0 Å². The highest BCUT2D eigenvalue weighted by atomic mass is 32.2. The topological polar surface area (TPSA) is 91.9 Å². The van der Waals surface area contributed by atoms with Crippen LogP contribution >= 0.6 is 0 Å². The number of amides is 1. The van der Waals surface area contributed by atoms with Crippen molar-refractivity contribution < 1.29 is 13.2 Å². The number of nitrogens with zero attached hydrogens (tertiary/aromatic N) is 1. The van der Waals surface area contributed by atoms with Gasteiger partial charge in [0.15, 0.2) is 15.7 Å². The Bertz CT molecular complexity index is 749. The molecule has 1 aromatic heterocycles. The van der Waals surface area contributed by atoms with Gasteiger partial charge in [0.1, 0.15) is 0 Å². The first kappa shape index (κ1) is 15.0. The van der Waals surface area contributed by atoms with Crippen molar-refractivity contribution in [3.05, 3.63) is 53.6 Å². The summed E-state index contributed by atoms with van der Waals surface area (Å²) in [5.74, 6) is -0.192. The van der Waals surface area contributed by atoms with Gasteiger partial charge < -0.3 is 5.32 Å². The molecule has 0 atom stereocenters. The minimum atomic E-state index is -3.62. The SMILES string of the molecule is CCc1cc(NC(=O)/C=C/S(=O)(=O)c2ccccc2)n[nH]1. The third-order valence-electron chi connectivity index (χ3n) is 2.73. The predicted molar refractivity (Wildman–Crippen MR) is 79.4 cm³/mol. The average molecular weight is 305 g/mol. The maximum Gasteiger partial charge on any atom is 0.250 e. The summed E-state index contributed by atoms with van der Waals surface area (Å²) in [5.41, 5.74) is 0.881. The zero-order valence-electron chi connectivity index (χ0n) is 11.4. The highest BCUT2D eigenvalue weighted by molar-refractivity contribution is 7.94. The summed E-state index contributed by atoms with van der Waals surface area (Å²) >= 11 is 0. The lowest BCUT2D eigenvalue weighted by Gasteiger charge is -1.98. The Morgan fingerprint density at radius 3 is 2.67 bits per heavy atom. The molecule has 1 heterocycles. The first-order valence-electron chi connectivity index (χ1n) is 6.35. The van der Waals surface area contributed by atoms with Crippen LogP contribution in [0.1, 0.15) is 12.6 Å². The van der Waals surface area contributed by atoms with Gasteiger partial charge >= 0.3 is 0 Å². The standard InChI is InChI=1S/C14H15N3O3S/c1-2-11-10-13(17-16-11)15-14(18)8-9-21(19,20)12-6-4-3-5-7-12/h3-10H,2H2,1H3,(H2,15,16,17,18)/b9-8+. The van der Waals surface area contributed by atoms with E-state index in [0.29, 0.717) is 5.82 Å². The number of aryl methyl sites for hydroxylation is 1. The third kappa shape index (κ3) is 4.03. The van der Waals surface area contributed by atoms with Crippen molar-refractivity contribution in [2.45, 2.75) is 18.2 Å². The molecular formula is C14H15N3O3S. The molecule has 1 aromatic carbocycles. The van der Waals surface area contributed by atoms with Gasteiger partial charge in [-0.25, -0.2) is 8.42 Å². The van der Waals surface area contributed by atoms with Gasteiger partial charge in [0.2, 0.25) is 5.91 Å². The molecule has 1 amide bonds. The Kier molecular flexibility index (Phi) is 4.54. The Morgan fingerprint density at radius 1 is 1.33 bits per heavy atom. The third-order valence-corrected chi connectivity index (χ3v) is 4.16. The molecule has 2 rings (SSSR count). The summed E-state index contributed by atoms with van der Waals surface area (Å²) in [6, 6.07) is 9.60. The minimum Gasteiger partial charge on any atom is -0.306 e. The summed E-state index contributed by atoms with van der Waals surface area (Å²) < 4.78 is 23.9. The maximum absolute atomic E-state index is 12.0. The van der Waals surface area contributed by atoms with Gasteiger partial charge in [0.05, 0.1) is 4.90 Å². The fourth-order valence-corrected chi connectivity index (χ4v) is 2.61. The van der Waals surface area contributed by atoms with Crippen LogP contribution in [0.15, 0.2) is 52.8 Å². The van der Waals surface area contributed by atoms with Crippen molar-refractivity contribution in [1.29, 1.82) is 0 Å². The van der Waals surface area contributed by atoms with Crippen molar-refractivity contribution in [3.63, 3.8) is 0 Å². The quantitative estimate of drug-likeness (QED) is 0.825. The fourth-order valence-electron chi connectivity index (χ4n) is 1.61. The van der Waals surface area contributed by atoms with Crippen LogP contribution in [0, 0.1) is 0 Å². The van der Waals surface area contributed by atoms with Crippen molar-refractivity contribution in [2.75, 3.05) is 5.32 Å². The molecule has 0 fully saturated rings. The zero-order chi connectivity index (χ0) is 15.3. The molecule has 0 saturated carbocycles. The minimum absolute atomic E-state index is 0.141. The van der Waals surface area contributed by atoms with Crippen LogP contribution in [-0.4, -0.2) is 24.5 Å². The number of hydrogen-bond donors (Lipinski definition) is 2. The van der Waals surface area contributed by atoms with E-state index in [2.05, 4.69) is 15.5 Å². The number of H-pyrrole nitrogens is 1. The number of aromatic amines is 1. The lowest BCUT2D eigenvalue weighted by atomic mass is 10.3. The monoisotopic (exact) mass is 305 g/mol. The predicted octanol–water partition coefficient (Wildman–Crippen LogP) is 1.90. The van der Waals surface area contributed by atoms with Gasteiger partial charge in [-0.05, 0) is 18.6 Å². The first-order valence-corrected chi connectivity index (χ1v) is 7.89. The number of benzene rings is 1. The molecule has 0 saturated heterocycles. The molecule has 0 spiro atoms. The van der Waals surface area contributed by atoms with Gasteiger partial charge in [0, 0.05) is 23.2 Å². The molecule has 6 nitrogen and oxygen atoms in total. The molecule has 110 valence electrons. The second-order valence-corrected chi connectivity index (χ2v) is 6.12. The Hall–Kier alpha value is -2.41. The second-order valence-electron chi connectivity index (χ2n) is 4.28. The van der Waals surface area contributed by atoms with Crippen molar-refractivity contribution in [2.24, 2.45) is 0 Å². The summed E-state index contributed by atoms with van der Waals surface area (Å²) in [5, 5.41) is 10.0. The van der Waals surface area contributed by atoms with E-state index < -0.39 is 15.7 Å². The lowest BCUT2D eigenvalue weighted by molar-refractivity contribution is -0.111. The number of hydrogen-bond acceptors (Lipinski definition) is 4. The van der Waals surface area contributed by atoms with Crippen LogP contribution in [0.5, 0.6) is 0 Å². The number of nitrogens with one attached hydrogen (secondary N) is 2. The van der Waals surface area contributed by atoms with E-state index in [1.165, 1.54) is 12.1 Å². The molecular weight excluding hydrogens is 290 g/mol. The molecule has 0 bridgehead atoms. The molecule has 0 aliphatic heterocycles. The molecule has 0 aliphatic rings. The van der Waals surface area contributed by atoms with Gasteiger partial charge in [-0.2, -0.15) is 5.10 Å². The summed E-state index contributed by atoms with van der Waals surface area (Å²) in [7, 11) is -3.62. The van der Waals surface area contributed by atoms with E-state index in [1.54, 1.807) is 24.3 Å². The van der Waals surface area contributed by atoms with Gasteiger partial charge in [0.25, 0.3) is 0 Å². The van der Waals surface area contributed by atoms with Crippen LogP contribution in [-0.2, 0) is 21.1 Å². The number of aromatic nitrogens is 2. The number of rotatable bonds is 5. The number of anilines is 1. The lowest BCUT2D eigenvalue weighted by Crippen LogP contribution is -2.09. The fraction of sp³-hybridized carbons (Fsp3) is 0.143. The van der Waals surface area contributed by atoms with Crippen LogP contribution in [0.25, 0.3) is 0 Å². The van der Waals surface area contributed by atoms with E-state index in [1.807, 2.05) is 6.92 Å². The Labute approximate surface area is 122 Å². The smallest absolute Gasteiger partial charge is 0.250 e. The highest BCUT2D eigenvalue weighted by Crippen LogP contribution is 2.11. The summed E-state index contributed by atoms with van der Waals surface area (Å²) in [6.45, 7) is 1.95. The van der Waals surface area contributed by atoms with E-state index >= 15 is 0 Å². The maximum atomic E-state index is 12.0. The normalized spacial score (nSPS) is 11.7. The molecule has 0 aliphatic carbocycles. The molecule has 21 heavy (non-hydrogen) atoms. The molecule has 2 aromatic rings. The Balaban J connectivity index is 2.05. The van der Waals surface area contributed by atoms with E-state index in [0.717, 1.165) is 23.6 Å². The zero-order valence-corrected chi connectivity index (χ0v) is 12.2. The van der Waals surface area contributed by atoms with Crippen molar-refractivity contribution in [1.82, 2.24) is 10.2 Å². The highest BCUT2D eigenvalue weighted by Gasteiger charge is 2.10. The van der Waals surface area contributed by atoms with Gasteiger partial charge in [-0.1, -0.05) is 25.1 Å². The van der Waals surface area contributed by atoms with Crippen LogP contribution in [0.4, 0.5) is 5.82 Å². The molecule has 0 radical (unpaired) electrons. The molecule has 7 heteroatoms. The summed E-state index contributed by atoms with van der Waals surface area (Å²) in [4.78, 5) is 11.8. The van der Waals surface area contributed by atoms with Crippen molar-refractivity contribution >= 4 is 21.6 Å². The molecule has 2 N–H and O–H groups in total. The first-order chi connectivity index (χ1) is 10.0. The number of sulfone groups is 1.